The fraction of sp³-hybridized carbons (Fsp3) is 1.00. The molecule has 0 rings (SSSR count). The van der Waals surface area contributed by atoms with Crippen molar-refractivity contribution in [3.05, 3.63) is 0 Å². The van der Waals surface area contributed by atoms with Crippen molar-refractivity contribution in [1.82, 2.24) is 0 Å². The molecule has 0 N–H and O–H groups in total. The first-order valence-corrected chi connectivity index (χ1v) is 20.0. The Kier molecular flexibility index (Phi) is 60.1. The van der Waals surface area contributed by atoms with Crippen molar-refractivity contribution >= 4 is 7.82 Å². The van der Waals surface area contributed by atoms with E-state index in [1.165, 1.54) is 180 Å². The molecule has 0 aromatic heterocycles. The van der Waals surface area contributed by atoms with Crippen LogP contribution in [0.4, 0.5) is 0 Å². The average molecular weight is 687 g/mol. The molecule has 0 aliphatic rings. The maximum Gasteiger partial charge on any atom is 1.00 e. The van der Waals surface area contributed by atoms with Crippen LogP contribution in [0.25, 0.3) is 0 Å². The molecule has 0 fully saturated rings. The van der Waals surface area contributed by atoms with Gasteiger partial charge in [-0.3, -0.25) is 0 Å². The minimum Gasteiger partial charge on any atom is -0.822 e. The van der Waals surface area contributed by atoms with Gasteiger partial charge in [0, 0.05) is 13.2 Å². The second-order valence-corrected chi connectivity index (χ2v) is 13.8. The number of phosphoric acid groups is 1. The molecule has 2 atom stereocenters. The molecule has 0 aliphatic carbocycles. The summed E-state index contributed by atoms with van der Waals surface area (Å²) in [5, 5.41) is 0. The molecule has 0 radical (unpaired) electrons. The standard InChI is InChI=1S/C36H74O.3Na.H3O4P/c1-5-9-13-17-19-21-23-27-31-35(29-25-15-11-7-3)33-37-34-36(30-26-16-12-8-4)32-28-24-22-20-18-14-10-6-2;;;;1-5(2,3)4/h35-36H,5-34H2,1-4H3;;;;(H3,1,2,3,4)/q;3*+1;/p-3. The maximum absolute atomic E-state index is 8.55. The summed E-state index contributed by atoms with van der Waals surface area (Å²) in [5.74, 6) is 1.61. The Balaban J connectivity index is -0.000000613. The first-order valence-electron chi connectivity index (χ1n) is 18.6. The fourth-order valence-corrected chi connectivity index (χ4v) is 5.88. The summed E-state index contributed by atoms with van der Waals surface area (Å²) < 4.78 is 15.1. The smallest absolute Gasteiger partial charge is 0.822 e. The monoisotopic (exact) mass is 686 g/mol. The van der Waals surface area contributed by atoms with Gasteiger partial charge in [-0.05, 0) is 37.5 Å². The SMILES string of the molecule is CCCCCCCCCCC(CCCCCC)COCC(CCCCCC)CCCCCCCCCC.O=P([O-])([O-])[O-].[Na+].[Na+].[Na+]. The Morgan fingerprint density at radius 2 is 0.578 bits per heavy atom. The molecule has 0 aliphatic heterocycles. The summed E-state index contributed by atoms with van der Waals surface area (Å²) in [5.41, 5.74) is 0. The van der Waals surface area contributed by atoms with Crippen LogP contribution in [0.2, 0.25) is 0 Å². The summed E-state index contributed by atoms with van der Waals surface area (Å²) >= 11 is 0. The molecule has 45 heavy (non-hydrogen) atoms. The van der Waals surface area contributed by atoms with Gasteiger partial charge in [0.15, 0.2) is 0 Å². The van der Waals surface area contributed by atoms with Crippen molar-refractivity contribution in [3.8, 4) is 0 Å². The molecule has 9 heteroatoms. The number of hydrogen-bond acceptors (Lipinski definition) is 5. The quantitative estimate of drug-likeness (QED) is 0.0607. The van der Waals surface area contributed by atoms with Crippen LogP contribution in [0.15, 0.2) is 0 Å². The Bertz CT molecular complexity index is 511. The summed E-state index contributed by atoms with van der Waals surface area (Å²) in [4.78, 5) is 25.6. The topological polar surface area (TPSA) is 95.5 Å². The maximum atomic E-state index is 8.55. The molecule has 256 valence electrons. The van der Waals surface area contributed by atoms with E-state index in [0.29, 0.717) is 0 Å². The van der Waals surface area contributed by atoms with E-state index in [0.717, 1.165) is 25.0 Å². The van der Waals surface area contributed by atoms with Crippen molar-refractivity contribution in [2.45, 2.75) is 207 Å². The zero-order valence-corrected chi connectivity index (χ0v) is 38.8. The molecule has 5 nitrogen and oxygen atoms in total. The van der Waals surface area contributed by atoms with Gasteiger partial charge < -0.3 is 24.0 Å². The predicted octanol–water partition coefficient (Wildman–Crippen LogP) is 1.43. The van der Waals surface area contributed by atoms with Crippen LogP contribution in [0.3, 0.4) is 0 Å². The molecule has 0 bridgehead atoms. The van der Waals surface area contributed by atoms with Crippen LogP contribution >= 0.6 is 7.82 Å². The number of hydrogen-bond donors (Lipinski definition) is 0. The van der Waals surface area contributed by atoms with E-state index >= 15 is 0 Å². The van der Waals surface area contributed by atoms with Gasteiger partial charge in [-0.25, -0.2) is 0 Å². The fourth-order valence-electron chi connectivity index (χ4n) is 5.88. The average Bonchev–Trinajstić information content (AvgIpc) is 2.94. The third-order valence-corrected chi connectivity index (χ3v) is 8.57. The van der Waals surface area contributed by atoms with E-state index in [-0.39, 0.29) is 88.7 Å². The zero-order valence-electron chi connectivity index (χ0n) is 31.9. The van der Waals surface area contributed by atoms with Crippen molar-refractivity contribution in [3.63, 3.8) is 0 Å². The third kappa shape index (κ3) is 56.7. The molecule has 2 unspecified atom stereocenters. The summed E-state index contributed by atoms with van der Waals surface area (Å²) in [6.45, 7) is 11.3. The molecular weight excluding hydrogens is 612 g/mol. The second kappa shape index (κ2) is 47.1. The van der Waals surface area contributed by atoms with Gasteiger partial charge >= 0.3 is 88.7 Å². The van der Waals surface area contributed by atoms with Gasteiger partial charge in [0.1, 0.15) is 0 Å². The Labute approximate surface area is 349 Å². The van der Waals surface area contributed by atoms with Gasteiger partial charge in [-0.1, -0.05) is 182 Å². The van der Waals surface area contributed by atoms with E-state index in [1.54, 1.807) is 0 Å². The molecule has 0 saturated carbocycles. The van der Waals surface area contributed by atoms with Gasteiger partial charge in [0.05, 0.1) is 0 Å². The van der Waals surface area contributed by atoms with E-state index in [9.17, 15) is 0 Å². The van der Waals surface area contributed by atoms with E-state index in [2.05, 4.69) is 27.7 Å². The summed E-state index contributed by atoms with van der Waals surface area (Å²) in [7, 11) is -5.39. The molecule has 0 aromatic rings. The van der Waals surface area contributed by atoms with Crippen LogP contribution in [0.1, 0.15) is 207 Å². The van der Waals surface area contributed by atoms with Gasteiger partial charge in [-0.2, -0.15) is 7.82 Å². The Morgan fingerprint density at radius 3 is 0.800 bits per heavy atom. The van der Waals surface area contributed by atoms with E-state index in [1.807, 2.05) is 0 Å². The molecule has 0 spiro atoms. The van der Waals surface area contributed by atoms with Crippen LogP contribution in [-0.4, -0.2) is 13.2 Å². The van der Waals surface area contributed by atoms with Crippen molar-refractivity contribution in [1.29, 1.82) is 0 Å². The normalized spacial score (nSPS) is 12.2. The van der Waals surface area contributed by atoms with Crippen molar-refractivity contribution < 1.29 is 113 Å². The zero-order chi connectivity index (χ0) is 31.6. The first-order chi connectivity index (χ1) is 20.3. The molecule has 0 aromatic carbocycles. The van der Waals surface area contributed by atoms with Crippen LogP contribution in [0.5, 0.6) is 0 Å². The minimum atomic E-state index is -5.39. The Morgan fingerprint density at radius 1 is 0.400 bits per heavy atom. The number of rotatable bonds is 32. The largest absolute Gasteiger partial charge is 1.00 e. The van der Waals surface area contributed by atoms with Gasteiger partial charge in [0.25, 0.3) is 0 Å². The Hall–Kier alpha value is 3.07. The van der Waals surface area contributed by atoms with Crippen molar-refractivity contribution in [2.24, 2.45) is 11.8 Å². The summed E-state index contributed by atoms with van der Waals surface area (Å²) in [6.07, 6.45) is 39.7. The molecule has 0 heterocycles. The first kappa shape index (κ1) is 57.4. The number of ether oxygens (including phenoxy) is 1. The number of unbranched alkanes of at least 4 members (excludes halogenated alkanes) is 20. The van der Waals surface area contributed by atoms with E-state index in [4.69, 9.17) is 24.0 Å². The van der Waals surface area contributed by atoms with Crippen LogP contribution in [-0.2, 0) is 9.30 Å². The molecule has 0 amide bonds. The summed E-state index contributed by atoms with van der Waals surface area (Å²) in [6, 6.07) is 0. The van der Waals surface area contributed by atoms with Crippen LogP contribution < -0.4 is 103 Å². The second-order valence-electron chi connectivity index (χ2n) is 12.9. The van der Waals surface area contributed by atoms with E-state index < -0.39 is 7.82 Å². The van der Waals surface area contributed by atoms with Crippen molar-refractivity contribution in [2.75, 3.05) is 13.2 Å². The van der Waals surface area contributed by atoms with Gasteiger partial charge in [0.2, 0.25) is 0 Å². The molecule has 0 saturated heterocycles. The van der Waals surface area contributed by atoms with Crippen LogP contribution in [0, 0.1) is 11.8 Å². The third-order valence-electron chi connectivity index (χ3n) is 8.57. The molecular formula is C36H74Na3O5P. The minimum absolute atomic E-state index is 0. The van der Waals surface area contributed by atoms with Gasteiger partial charge in [-0.15, -0.1) is 0 Å². The predicted molar refractivity (Wildman–Crippen MR) is 177 cm³/mol.